The standard InChI is InChI=1S/C12H15ClO5/c1-16-9-6-8(12(14)15)7(4-5-13)10(17-2)11(9)18-3/h6H,4-5H2,1-3H3,(H,14,15). The number of halogens is 1. The van der Waals surface area contributed by atoms with E-state index in [-0.39, 0.29) is 11.4 Å². The van der Waals surface area contributed by atoms with Crippen LogP contribution in [0.4, 0.5) is 0 Å². The van der Waals surface area contributed by atoms with Crippen LogP contribution >= 0.6 is 11.6 Å². The van der Waals surface area contributed by atoms with Gasteiger partial charge in [0, 0.05) is 11.4 Å². The Labute approximate surface area is 110 Å². The fourth-order valence-corrected chi connectivity index (χ4v) is 1.94. The lowest BCUT2D eigenvalue weighted by atomic mass is 10.0. The van der Waals surface area contributed by atoms with Gasteiger partial charge in [-0.15, -0.1) is 11.6 Å². The number of carbonyl (C=O) groups is 1. The first-order valence-corrected chi connectivity index (χ1v) is 5.75. The van der Waals surface area contributed by atoms with Gasteiger partial charge < -0.3 is 19.3 Å². The Bertz CT molecular complexity index is 445. The molecule has 6 heteroatoms. The molecule has 0 aliphatic heterocycles. The van der Waals surface area contributed by atoms with Crippen LogP contribution in [0.25, 0.3) is 0 Å². The second-order valence-corrected chi connectivity index (χ2v) is 3.79. The van der Waals surface area contributed by atoms with Crippen molar-refractivity contribution >= 4 is 17.6 Å². The van der Waals surface area contributed by atoms with E-state index in [1.165, 1.54) is 27.4 Å². The topological polar surface area (TPSA) is 65.0 Å². The summed E-state index contributed by atoms with van der Waals surface area (Å²) in [5.74, 6) is 0.242. The van der Waals surface area contributed by atoms with Crippen molar-refractivity contribution in [2.75, 3.05) is 27.2 Å². The van der Waals surface area contributed by atoms with Gasteiger partial charge in [0.15, 0.2) is 11.5 Å². The maximum atomic E-state index is 11.2. The zero-order valence-corrected chi connectivity index (χ0v) is 11.2. The van der Waals surface area contributed by atoms with Crippen molar-refractivity contribution in [3.8, 4) is 17.2 Å². The first-order valence-electron chi connectivity index (χ1n) is 5.21. The molecule has 0 aromatic heterocycles. The molecule has 0 aliphatic rings. The highest BCUT2D eigenvalue weighted by Gasteiger charge is 2.23. The van der Waals surface area contributed by atoms with E-state index >= 15 is 0 Å². The molecule has 1 aromatic carbocycles. The first-order chi connectivity index (χ1) is 8.60. The minimum atomic E-state index is -1.06. The quantitative estimate of drug-likeness (QED) is 0.806. The molecule has 18 heavy (non-hydrogen) atoms. The van der Waals surface area contributed by atoms with Crippen molar-refractivity contribution in [1.82, 2.24) is 0 Å². The van der Waals surface area contributed by atoms with Crippen molar-refractivity contribution in [3.63, 3.8) is 0 Å². The Morgan fingerprint density at radius 2 is 1.83 bits per heavy atom. The van der Waals surface area contributed by atoms with E-state index in [0.717, 1.165) is 0 Å². The molecule has 1 rings (SSSR count). The number of ether oxygens (including phenoxy) is 3. The van der Waals surface area contributed by atoms with Crippen LogP contribution in [0.5, 0.6) is 17.2 Å². The summed E-state index contributed by atoms with van der Waals surface area (Å²) in [4.78, 5) is 11.2. The van der Waals surface area contributed by atoms with E-state index in [2.05, 4.69) is 0 Å². The predicted molar refractivity (Wildman–Crippen MR) is 67.5 cm³/mol. The molecule has 0 saturated carbocycles. The van der Waals surface area contributed by atoms with Crippen LogP contribution in [0.15, 0.2) is 6.07 Å². The zero-order chi connectivity index (χ0) is 13.7. The number of alkyl halides is 1. The molecule has 1 aromatic rings. The van der Waals surface area contributed by atoms with Crippen LogP contribution in [0.2, 0.25) is 0 Å². The summed E-state index contributed by atoms with van der Waals surface area (Å²) in [7, 11) is 4.34. The minimum absolute atomic E-state index is 0.102. The molecule has 0 radical (unpaired) electrons. The smallest absolute Gasteiger partial charge is 0.336 e. The molecule has 0 aliphatic carbocycles. The Kier molecular flexibility index (Phi) is 5.09. The van der Waals surface area contributed by atoms with Crippen molar-refractivity contribution in [2.45, 2.75) is 6.42 Å². The number of hydrogen-bond acceptors (Lipinski definition) is 4. The molecule has 0 saturated heterocycles. The lowest BCUT2D eigenvalue weighted by Crippen LogP contribution is -2.08. The fourth-order valence-electron chi connectivity index (χ4n) is 1.75. The van der Waals surface area contributed by atoms with Crippen LogP contribution in [0.1, 0.15) is 15.9 Å². The van der Waals surface area contributed by atoms with Gasteiger partial charge in [0.25, 0.3) is 0 Å². The van der Waals surface area contributed by atoms with E-state index in [9.17, 15) is 9.90 Å². The molecular weight excluding hydrogens is 260 g/mol. The minimum Gasteiger partial charge on any atom is -0.493 e. The third-order valence-corrected chi connectivity index (χ3v) is 2.70. The normalized spacial score (nSPS) is 10.0. The van der Waals surface area contributed by atoms with Gasteiger partial charge in [-0.3, -0.25) is 0 Å². The summed E-state index contributed by atoms with van der Waals surface area (Å²) in [6, 6.07) is 1.41. The molecular formula is C12H15ClO5. The molecule has 1 N–H and O–H groups in total. The average Bonchev–Trinajstić information content (AvgIpc) is 2.37. The average molecular weight is 275 g/mol. The van der Waals surface area contributed by atoms with Gasteiger partial charge in [-0.2, -0.15) is 0 Å². The Hall–Kier alpha value is -1.62. The maximum Gasteiger partial charge on any atom is 0.336 e. The highest BCUT2D eigenvalue weighted by molar-refractivity contribution is 6.18. The third-order valence-electron chi connectivity index (χ3n) is 2.51. The van der Waals surface area contributed by atoms with E-state index in [4.69, 9.17) is 25.8 Å². The van der Waals surface area contributed by atoms with E-state index in [1.54, 1.807) is 0 Å². The van der Waals surface area contributed by atoms with Crippen LogP contribution < -0.4 is 14.2 Å². The van der Waals surface area contributed by atoms with E-state index < -0.39 is 5.97 Å². The maximum absolute atomic E-state index is 11.2. The SMILES string of the molecule is COc1cc(C(=O)O)c(CCCl)c(OC)c1OC. The van der Waals surface area contributed by atoms with Crippen molar-refractivity contribution < 1.29 is 24.1 Å². The van der Waals surface area contributed by atoms with Gasteiger partial charge in [0.1, 0.15) is 0 Å². The molecule has 0 bridgehead atoms. The van der Waals surface area contributed by atoms with Crippen molar-refractivity contribution in [1.29, 1.82) is 0 Å². The molecule has 0 fully saturated rings. The predicted octanol–water partition coefficient (Wildman–Crippen LogP) is 2.19. The van der Waals surface area contributed by atoms with Crippen molar-refractivity contribution in [3.05, 3.63) is 17.2 Å². The second-order valence-electron chi connectivity index (χ2n) is 3.42. The lowest BCUT2D eigenvalue weighted by molar-refractivity contribution is 0.0694. The van der Waals surface area contributed by atoms with Gasteiger partial charge in [-0.25, -0.2) is 4.79 Å². The Morgan fingerprint density at radius 1 is 1.22 bits per heavy atom. The monoisotopic (exact) mass is 274 g/mol. The zero-order valence-electron chi connectivity index (χ0n) is 10.4. The second kappa shape index (κ2) is 6.35. The lowest BCUT2D eigenvalue weighted by Gasteiger charge is -2.17. The molecule has 5 nitrogen and oxygen atoms in total. The number of hydrogen-bond donors (Lipinski definition) is 1. The van der Waals surface area contributed by atoms with E-state index in [0.29, 0.717) is 29.2 Å². The summed E-state index contributed by atoms with van der Waals surface area (Å²) in [5.41, 5.74) is 0.600. The van der Waals surface area contributed by atoms with Crippen molar-refractivity contribution in [2.24, 2.45) is 0 Å². The number of rotatable bonds is 6. The number of carboxylic acids is 1. The van der Waals surface area contributed by atoms with Crippen LogP contribution in [0, 0.1) is 0 Å². The van der Waals surface area contributed by atoms with Crippen LogP contribution in [-0.2, 0) is 6.42 Å². The van der Waals surface area contributed by atoms with Gasteiger partial charge >= 0.3 is 5.97 Å². The molecule has 0 atom stereocenters. The largest absolute Gasteiger partial charge is 0.493 e. The third kappa shape index (κ3) is 2.61. The highest BCUT2D eigenvalue weighted by Crippen LogP contribution is 2.42. The van der Waals surface area contributed by atoms with Gasteiger partial charge in [0.05, 0.1) is 26.9 Å². The summed E-state index contributed by atoms with van der Waals surface area (Å²) in [5, 5.41) is 9.20. The molecule has 0 spiro atoms. The van der Waals surface area contributed by atoms with Gasteiger partial charge in [-0.1, -0.05) is 0 Å². The fraction of sp³-hybridized carbons (Fsp3) is 0.417. The van der Waals surface area contributed by atoms with Gasteiger partial charge in [-0.05, 0) is 12.5 Å². The number of benzene rings is 1. The number of carboxylic acid groups (broad SMARTS) is 1. The molecule has 0 amide bonds. The number of aromatic carboxylic acids is 1. The van der Waals surface area contributed by atoms with Gasteiger partial charge in [0.2, 0.25) is 5.75 Å². The van der Waals surface area contributed by atoms with Crippen LogP contribution in [0.3, 0.4) is 0 Å². The summed E-state index contributed by atoms with van der Waals surface area (Å²) >= 11 is 5.69. The molecule has 100 valence electrons. The summed E-state index contributed by atoms with van der Waals surface area (Å²) in [6.07, 6.45) is 0.368. The Morgan fingerprint density at radius 3 is 2.22 bits per heavy atom. The van der Waals surface area contributed by atoms with E-state index in [1.807, 2.05) is 0 Å². The molecule has 0 heterocycles. The van der Waals surface area contributed by atoms with Crippen LogP contribution in [-0.4, -0.2) is 38.3 Å². The first kappa shape index (κ1) is 14.4. The highest BCUT2D eigenvalue weighted by atomic mass is 35.5. The Balaban J connectivity index is 3.57. The number of methoxy groups -OCH3 is 3. The summed E-state index contributed by atoms with van der Waals surface area (Å²) in [6.45, 7) is 0. The summed E-state index contributed by atoms with van der Waals surface area (Å²) < 4.78 is 15.5. The molecule has 0 unspecified atom stereocenters.